The van der Waals surface area contributed by atoms with Gasteiger partial charge in [-0.15, -0.1) is 11.6 Å². The summed E-state index contributed by atoms with van der Waals surface area (Å²) in [5.74, 6) is -3.09. The number of ether oxygens (including phenoxy) is 1. The number of nitrogens with one attached hydrogen (secondary N) is 1. The summed E-state index contributed by atoms with van der Waals surface area (Å²) >= 11 is 4.64. The summed E-state index contributed by atoms with van der Waals surface area (Å²) in [4.78, 5) is 53.4. The molecule has 0 saturated carbocycles. The Balaban J connectivity index is 0.00000213. The summed E-state index contributed by atoms with van der Waals surface area (Å²) in [6.45, 7) is 1.61. The number of carbonyl (C=O) groups is 3. The fourth-order valence-electron chi connectivity index (χ4n) is 5.36. The van der Waals surface area contributed by atoms with Crippen molar-refractivity contribution >= 4 is 57.1 Å². The molecular weight excluding hydrogens is 628 g/mol. The van der Waals surface area contributed by atoms with E-state index in [9.17, 15) is 34.5 Å². The molecule has 1 aliphatic carbocycles. The zero-order chi connectivity index (χ0) is 34.0. The number of methoxy groups -OCH3 is 1. The highest BCUT2D eigenvalue weighted by atomic mass is 35.5. The normalized spacial score (nSPS) is 10.8. The minimum absolute atomic E-state index is 0.0230. The van der Waals surface area contributed by atoms with Crippen LogP contribution in [-0.4, -0.2) is 51.7 Å². The molecule has 4 aromatic rings. The van der Waals surface area contributed by atoms with Crippen molar-refractivity contribution in [3.63, 3.8) is 0 Å². The number of aromatic hydroxyl groups is 1. The quantitative estimate of drug-likeness (QED) is 0.0811. The van der Waals surface area contributed by atoms with Gasteiger partial charge in [0.1, 0.15) is 22.8 Å². The molecule has 0 radical (unpaired) electrons. The van der Waals surface area contributed by atoms with E-state index in [-0.39, 0.29) is 57.0 Å². The SMILES string of the molecule is CCl.COC(=O)c1ccc(C(=O)O)cc1-c1c2cc(C)c(=O)cc-2oc2c(CNc3cccc4ccc(C(=O)O)nc34)c(O)ccc12. The minimum Gasteiger partial charge on any atom is -0.507 e. The van der Waals surface area contributed by atoms with E-state index in [2.05, 4.69) is 21.9 Å². The molecule has 6 rings (SSSR count). The van der Waals surface area contributed by atoms with E-state index in [4.69, 9.17) is 9.15 Å². The van der Waals surface area contributed by atoms with E-state index in [1.54, 1.807) is 43.3 Å². The average Bonchev–Trinajstić information content (AvgIpc) is 3.07. The zero-order valence-electron chi connectivity index (χ0n) is 25.3. The number of pyridine rings is 1. The topological polar surface area (TPSA) is 176 Å². The van der Waals surface area contributed by atoms with Gasteiger partial charge in [-0.25, -0.2) is 19.4 Å². The van der Waals surface area contributed by atoms with Crippen LogP contribution < -0.4 is 10.7 Å². The summed E-state index contributed by atoms with van der Waals surface area (Å²) in [5.41, 5.74) is 2.39. The van der Waals surface area contributed by atoms with Gasteiger partial charge in [-0.2, -0.15) is 0 Å². The lowest BCUT2D eigenvalue weighted by molar-refractivity contribution is 0.0598. The van der Waals surface area contributed by atoms with E-state index in [1.165, 1.54) is 49.9 Å². The Labute approximate surface area is 272 Å². The predicted molar refractivity (Wildman–Crippen MR) is 177 cm³/mol. The molecule has 0 bridgehead atoms. The molecule has 2 heterocycles. The number of rotatable bonds is 7. The van der Waals surface area contributed by atoms with Crippen LogP contribution in [0.1, 0.15) is 42.3 Å². The first-order valence-electron chi connectivity index (χ1n) is 14.0. The first kappa shape index (κ1) is 32.5. The molecule has 0 fully saturated rings. The number of hydrogen-bond donors (Lipinski definition) is 4. The fourth-order valence-corrected chi connectivity index (χ4v) is 5.36. The molecule has 0 unspecified atom stereocenters. The number of phenolic OH excluding ortho intramolecular Hbond substituents is 1. The number of carboxylic acids is 2. The van der Waals surface area contributed by atoms with E-state index >= 15 is 0 Å². The Kier molecular flexibility index (Phi) is 9.11. The molecule has 3 aromatic carbocycles. The molecule has 238 valence electrons. The molecule has 0 spiro atoms. The van der Waals surface area contributed by atoms with Crippen molar-refractivity contribution < 1.29 is 38.9 Å². The molecule has 2 aliphatic rings. The van der Waals surface area contributed by atoms with Crippen LogP contribution in [0, 0.1) is 6.92 Å². The number of alkyl halides is 1. The van der Waals surface area contributed by atoms with Gasteiger partial charge < -0.3 is 29.8 Å². The number of carboxylic acid groups (broad SMARTS) is 2. The third kappa shape index (κ3) is 6.03. The van der Waals surface area contributed by atoms with Crippen molar-refractivity contribution in [2.75, 3.05) is 18.8 Å². The third-order valence-corrected chi connectivity index (χ3v) is 7.60. The van der Waals surface area contributed by atoms with Gasteiger partial charge in [0.25, 0.3) is 0 Å². The number of anilines is 1. The summed E-state index contributed by atoms with van der Waals surface area (Å²) in [7, 11) is 1.21. The molecule has 0 amide bonds. The second kappa shape index (κ2) is 13.2. The van der Waals surface area contributed by atoms with Crippen LogP contribution in [0.5, 0.6) is 5.75 Å². The Morgan fingerprint density at radius 3 is 2.40 bits per heavy atom. The molecule has 12 heteroatoms. The number of nitrogens with zero attached hydrogens (tertiary/aromatic N) is 1. The lowest BCUT2D eigenvalue weighted by atomic mass is 9.88. The van der Waals surface area contributed by atoms with Crippen LogP contribution in [0.3, 0.4) is 0 Å². The molecule has 11 nitrogen and oxygen atoms in total. The standard InChI is InChI=1S/C34H24N2O9.CH3Cl/c1-16-12-22-28(14-27(16)38)45-31-20(29(22)21-13-18(32(39)40)6-8-19(21)34(43)44-2)9-11-26(37)23(31)15-35-24-5-3-4-17-7-10-25(33(41)42)36-30(17)24;1-2/h3-14,35,37H,15H2,1-2H3,(H,39,40)(H,41,42);1H3. The molecular formula is C35H27ClN2O9. The maximum absolute atomic E-state index is 12.9. The van der Waals surface area contributed by atoms with Gasteiger partial charge in [-0.05, 0) is 66.6 Å². The van der Waals surface area contributed by atoms with Crippen molar-refractivity contribution in [3.8, 4) is 28.2 Å². The molecule has 0 atom stereocenters. The maximum Gasteiger partial charge on any atom is 0.354 e. The highest BCUT2D eigenvalue weighted by Gasteiger charge is 2.26. The molecule has 1 aromatic heterocycles. The molecule has 47 heavy (non-hydrogen) atoms. The van der Waals surface area contributed by atoms with Gasteiger partial charge >= 0.3 is 17.9 Å². The number of phenols is 1. The first-order valence-corrected chi connectivity index (χ1v) is 14.8. The van der Waals surface area contributed by atoms with Gasteiger partial charge in [-0.1, -0.05) is 18.2 Å². The van der Waals surface area contributed by atoms with E-state index in [0.29, 0.717) is 38.7 Å². The van der Waals surface area contributed by atoms with Crippen molar-refractivity contribution in [2.45, 2.75) is 13.5 Å². The Morgan fingerprint density at radius 2 is 1.70 bits per heavy atom. The van der Waals surface area contributed by atoms with Crippen molar-refractivity contribution in [1.82, 2.24) is 4.98 Å². The Hall–Kier alpha value is -5.94. The summed E-state index contributed by atoms with van der Waals surface area (Å²) in [6, 6.07) is 18.3. The van der Waals surface area contributed by atoms with Crippen LogP contribution in [0.4, 0.5) is 5.69 Å². The van der Waals surface area contributed by atoms with Crippen LogP contribution in [0.25, 0.3) is 44.3 Å². The Morgan fingerprint density at radius 1 is 0.936 bits per heavy atom. The van der Waals surface area contributed by atoms with Gasteiger partial charge in [0.05, 0.1) is 35.0 Å². The predicted octanol–water partition coefficient (Wildman–Crippen LogP) is 6.78. The maximum atomic E-state index is 12.9. The summed E-state index contributed by atoms with van der Waals surface area (Å²) < 4.78 is 11.3. The van der Waals surface area contributed by atoms with Crippen LogP contribution in [-0.2, 0) is 11.3 Å². The summed E-state index contributed by atoms with van der Waals surface area (Å²) in [6.07, 6.45) is 1.47. The Bertz CT molecular complexity index is 2240. The summed E-state index contributed by atoms with van der Waals surface area (Å²) in [5, 5.41) is 34.6. The van der Waals surface area contributed by atoms with Crippen molar-refractivity contribution in [2.24, 2.45) is 0 Å². The lowest BCUT2D eigenvalue weighted by Gasteiger charge is -2.20. The van der Waals surface area contributed by atoms with Crippen LogP contribution in [0.2, 0.25) is 0 Å². The molecule has 4 N–H and O–H groups in total. The number of aromatic nitrogens is 1. The van der Waals surface area contributed by atoms with Gasteiger partial charge in [-0.3, -0.25) is 4.79 Å². The van der Waals surface area contributed by atoms with E-state index in [1.807, 2.05) is 0 Å². The number of para-hydroxylation sites is 1. The fraction of sp³-hybridized carbons (Fsp3) is 0.114. The van der Waals surface area contributed by atoms with Gasteiger partial charge in [0.2, 0.25) is 0 Å². The third-order valence-electron chi connectivity index (χ3n) is 7.60. The number of benzene rings is 4. The number of carbonyl (C=O) groups excluding carboxylic acids is 1. The molecule has 1 aliphatic heterocycles. The van der Waals surface area contributed by atoms with E-state index < -0.39 is 17.9 Å². The van der Waals surface area contributed by atoms with Crippen molar-refractivity contribution in [1.29, 1.82) is 0 Å². The van der Waals surface area contributed by atoms with Crippen LogP contribution in [0.15, 0.2) is 82.0 Å². The van der Waals surface area contributed by atoms with Gasteiger partial charge in [0.15, 0.2) is 5.43 Å². The average molecular weight is 655 g/mol. The highest BCUT2D eigenvalue weighted by Crippen LogP contribution is 2.44. The number of halogens is 1. The number of hydrogen-bond acceptors (Lipinski definition) is 9. The van der Waals surface area contributed by atoms with Crippen LogP contribution >= 0.6 is 11.6 Å². The number of aromatic carboxylic acids is 2. The second-order valence-electron chi connectivity index (χ2n) is 10.3. The monoisotopic (exact) mass is 654 g/mol. The lowest BCUT2D eigenvalue weighted by Crippen LogP contribution is -2.09. The number of esters is 1. The zero-order valence-corrected chi connectivity index (χ0v) is 26.0. The second-order valence-corrected chi connectivity index (χ2v) is 10.3. The largest absolute Gasteiger partial charge is 0.507 e. The smallest absolute Gasteiger partial charge is 0.354 e. The highest BCUT2D eigenvalue weighted by molar-refractivity contribution is 6.15. The minimum atomic E-state index is -1.21. The van der Waals surface area contributed by atoms with Gasteiger partial charge in [0, 0.05) is 40.9 Å². The number of aryl methyl sites for hydroxylation is 1. The molecule has 0 saturated heterocycles. The van der Waals surface area contributed by atoms with Crippen molar-refractivity contribution in [3.05, 3.63) is 111 Å². The first-order chi connectivity index (χ1) is 22.6. The number of fused-ring (bicyclic) bond motifs is 3. The van der Waals surface area contributed by atoms with E-state index in [0.717, 1.165) is 0 Å².